The third-order valence-corrected chi connectivity index (χ3v) is 2.79. The highest BCUT2D eigenvalue weighted by molar-refractivity contribution is 7.99. The topological polar surface area (TPSA) is 38.0 Å². The van der Waals surface area contributed by atoms with Crippen LogP contribution in [-0.4, -0.2) is 10.9 Å². The van der Waals surface area contributed by atoms with Crippen molar-refractivity contribution in [1.82, 2.24) is 0 Å². The molecule has 14 heavy (non-hydrogen) atoms. The summed E-state index contributed by atoms with van der Waals surface area (Å²) in [5, 5.41) is 3.83. The van der Waals surface area contributed by atoms with Gasteiger partial charge in [0.05, 0.1) is 5.69 Å². The van der Waals surface area contributed by atoms with E-state index in [1.165, 1.54) is 0 Å². The van der Waals surface area contributed by atoms with Gasteiger partial charge in [0, 0.05) is 9.92 Å². The van der Waals surface area contributed by atoms with Gasteiger partial charge < -0.3 is 11.1 Å². The molecule has 0 fully saturated rings. The van der Waals surface area contributed by atoms with Crippen molar-refractivity contribution in [2.45, 2.75) is 11.8 Å². The minimum absolute atomic E-state index is 0.255. The molecule has 2 nitrogen and oxygen atoms in total. The van der Waals surface area contributed by atoms with Crippen molar-refractivity contribution in [2.24, 2.45) is 5.73 Å². The largest absolute Gasteiger partial charge is 0.376 e. The maximum absolute atomic E-state index is 5.87. The first-order valence-electron chi connectivity index (χ1n) is 4.12. The summed E-state index contributed by atoms with van der Waals surface area (Å²) < 4.78 is 0. The summed E-state index contributed by atoms with van der Waals surface area (Å²) in [6, 6.07) is 5.63. The molecule has 0 saturated heterocycles. The average Bonchev–Trinajstić information content (AvgIpc) is 2.09. The van der Waals surface area contributed by atoms with Crippen molar-refractivity contribution >= 4 is 46.4 Å². The molecular formula is C9H11ClN2S2. The Morgan fingerprint density at radius 3 is 2.93 bits per heavy atom. The highest BCUT2D eigenvalue weighted by Gasteiger charge is 2.03. The average molecular weight is 247 g/mol. The van der Waals surface area contributed by atoms with Gasteiger partial charge in [-0.3, -0.25) is 0 Å². The van der Waals surface area contributed by atoms with E-state index in [4.69, 9.17) is 29.6 Å². The zero-order chi connectivity index (χ0) is 10.6. The van der Waals surface area contributed by atoms with Crippen LogP contribution in [0.3, 0.4) is 0 Å². The highest BCUT2D eigenvalue weighted by Crippen LogP contribution is 2.29. The Morgan fingerprint density at radius 2 is 2.36 bits per heavy atom. The first-order valence-corrected chi connectivity index (χ1v) is 5.89. The molecule has 0 aliphatic heterocycles. The molecule has 0 spiro atoms. The lowest BCUT2D eigenvalue weighted by Gasteiger charge is -2.09. The molecule has 0 aliphatic rings. The molecule has 0 amide bonds. The molecule has 0 radical (unpaired) electrons. The van der Waals surface area contributed by atoms with Gasteiger partial charge in [0.25, 0.3) is 0 Å². The monoisotopic (exact) mass is 246 g/mol. The molecule has 1 aromatic carbocycles. The van der Waals surface area contributed by atoms with Crippen molar-refractivity contribution in [1.29, 1.82) is 0 Å². The van der Waals surface area contributed by atoms with Crippen LogP contribution in [0.2, 0.25) is 5.02 Å². The van der Waals surface area contributed by atoms with Crippen LogP contribution < -0.4 is 11.1 Å². The van der Waals surface area contributed by atoms with Gasteiger partial charge in [-0.1, -0.05) is 18.5 Å². The first kappa shape index (κ1) is 11.6. The number of nitrogens with one attached hydrogen (secondary N) is 1. The highest BCUT2D eigenvalue weighted by atomic mass is 35.5. The maximum atomic E-state index is 5.87. The van der Waals surface area contributed by atoms with E-state index in [2.05, 4.69) is 12.2 Å². The second kappa shape index (κ2) is 5.44. The van der Waals surface area contributed by atoms with Crippen molar-refractivity contribution in [3.8, 4) is 0 Å². The van der Waals surface area contributed by atoms with E-state index in [0.29, 0.717) is 5.02 Å². The Balaban J connectivity index is 2.96. The number of benzene rings is 1. The summed E-state index contributed by atoms with van der Waals surface area (Å²) in [5.74, 6) is 0.994. The van der Waals surface area contributed by atoms with Crippen molar-refractivity contribution < 1.29 is 0 Å². The Morgan fingerprint density at radius 1 is 1.64 bits per heavy atom. The van der Waals surface area contributed by atoms with Gasteiger partial charge >= 0.3 is 0 Å². The zero-order valence-corrected chi connectivity index (χ0v) is 10.1. The van der Waals surface area contributed by atoms with Gasteiger partial charge in [-0.25, -0.2) is 0 Å². The summed E-state index contributed by atoms with van der Waals surface area (Å²) in [6.07, 6.45) is 0. The maximum Gasteiger partial charge on any atom is 0.168 e. The number of hydrogen-bond acceptors (Lipinski definition) is 2. The lowest BCUT2D eigenvalue weighted by Crippen LogP contribution is -2.19. The second-order valence-corrected chi connectivity index (χ2v) is 4.74. The Bertz CT molecular complexity index is 342. The fraction of sp³-hybridized carbons (Fsp3) is 0.222. The SMILES string of the molecule is CCSc1ccc(Cl)cc1NC(N)=S. The molecule has 0 aromatic heterocycles. The van der Waals surface area contributed by atoms with Crippen LogP contribution in [0.5, 0.6) is 0 Å². The predicted molar refractivity (Wildman–Crippen MR) is 68.3 cm³/mol. The molecule has 3 N–H and O–H groups in total. The third-order valence-electron chi connectivity index (χ3n) is 1.50. The van der Waals surface area contributed by atoms with Crippen LogP contribution in [0.25, 0.3) is 0 Å². The van der Waals surface area contributed by atoms with E-state index in [1.807, 2.05) is 18.2 Å². The van der Waals surface area contributed by atoms with E-state index in [0.717, 1.165) is 16.3 Å². The number of thioether (sulfide) groups is 1. The Kier molecular flexibility index (Phi) is 4.51. The fourth-order valence-electron chi connectivity index (χ4n) is 1.01. The summed E-state index contributed by atoms with van der Waals surface area (Å²) in [5.41, 5.74) is 6.28. The van der Waals surface area contributed by atoms with E-state index in [1.54, 1.807) is 11.8 Å². The second-order valence-electron chi connectivity index (χ2n) is 2.56. The number of hydrogen-bond donors (Lipinski definition) is 2. The molecule has 0 unspecified atom stereocenters. The molecule has 5 heteroatoms. The first-order chi connectivity index (χ1) is 6.63. The van der Waals surface area contributed by atoms with Gasteiger partial charge in [-0.05, 0) is 36.2 Å². The van der Waals surface area contributed by atoms with Crippen LogP contribution in [0, 0.1) is 0 Å². The summed E-state index contributed by atoms with van der Waals surface area (Å²) in [4.78, 5) is 1.10. The van der Waals surface area contributed by atoms with Gasteiger partial charge in [-0.2, -0.15) is 0 Å². The lowest BCUT2D eigenvalue weighted by atomic mass is 10.3. The summed E-state index contributed by atoms with van der Waals surface area (Å²) in [7, 11) is 0. The number of halogens is 1. The van der Waals surface area contributed by atoms with Crippen LogP contribution in [0.15, 0.2) is 23.1 Å². The van der Waals surface area contributed by atoms with Crippen LogP contribution in [0.4, 0.5) is 5.69 Å². The molecule has 0 aliphatic carbocycles. The van der Waals surface area contributed by atoms with Crippen LogP contribution >= 0.6 is 35.6 Å². The molecule has 0 saturated carbocycles. The fourth-order valence-corrected chi connectivity index (χ4v) is 2.04. The van der Waals surface area contributed by atoms with Crippen LogP contribution in [-0.2, 0) is 0 Å². The van der Waals surface area contributed by atoms with E-state index in [-0.39, 0.29) is 5.11 Å². The minimum Gasteiger partial charge on any atom is -0.376 e. The molecule has 0 atom stereocenters. The predicted octanol–water partition coefficient (Wildman–Crippen LogP) is 3.11. The third kappa shape index (κ3) is 3.36. The van der Waals surface area contributed by atoms with Gasteiger partial charge in [0.15, 0.2) is 5.11 Å². The smallest absolute Gasteiger partial charge is 0.168 e. The number of thiocarbonyl (C=S) groups is 1. The van der Waals surface area contributed by atoms with E-state index < -0.39 is 0 Å². The van der Waals surface area contributed by atoms with Gasteiger partial charge in [0.1, 0.15) is 0 Å². The summed E-state index contributed by atoms with van der Waals surface area (Å²) in [6.45, 7) is 2.09. The van der Waals surface area contributed by atoms with Crippen LogP contribution in [0.1, 0.15) is 6.92 Å². The number of rotatable bonds is 3. The molecular weight excluding hydrogens is 236 g/mol. The number of anilines is 1. The van der Waals surface area contributed by atoms with Gasteiger partial charge in [0.2, 0.25) is 0 Å². The minimum atomic E-state index is 0.255. The van der Waals surface area contributed by atoms with Crippen molar-refractivity contribution in [3.63, 3.8) is 0 Å². The molecule has 1 aromatic rings. The van der Waals surface area contributed by atoms with Gasteiger partial charge in [-0.15, -0.1) is 11.8 Å². The van der Waals surface area contributed by atoms with Crippen molar-refractivity contribution in [2.75, 3.05) is 11.1 Å². The molecule has 0 bridgehead atoms. The molecule has 0 heterocycles. The Labute approximate surface area is 98.2 Å². The zero-order valence-electron chi connectivity index (χ0n) is 7.71. The molecule has 1 rings (SSSR count). The Hall–Kier alpha value is -0.450. The normalized spacial score (nSPS) is 9.86. The lowest BCUT2D eigenvalue weighted by molar-refractivity contribution is 1.41. The number of nitrogens with two attached hydrogens (primary N) is 1. The summed E-state index contributed by atoms with van der Waals surface area (Å²) >= 11 is 12.4. The quantitative estimate of drug-likeness (QED) is 0.635. The standard InChI is InChI=1S/C9H11ClN2S2/c1-2-14-8-4-3-6(10)5-7(8)12-9(11)13/h3-5H,2H2,1H3,(H3,11,12,13). The van der Waals surface area contributed by atoms with E-state index in [9.17, 15) is 0 Å². The molecule has 76 valence electrons. The van der Waals surface area contributed by atoms with E-state index >= 15 is 0 Å². The van der Waals surface area contributed by atoms with Crippen molar-refractivity contribution in [3.05, 3.63) is 23.2 Å².